The summed E-state index contributed by atoms with van der Waals surface area (Å²) in [6.45, 7) is 1.39. The van der Waals surface area contributed by atoms with Gasteiger partial charge in [0.15, 0.2) is 11.4 Å². The third-order valence-electron chi connectivity index (χ3n) is 6.14. The van der Waals surface area contributed by atoms with E-state index in [4.69, 9.17) is 4.74 Å². The van der Waals surface area contributed by atoms with Gasteiger partial charge in [0.1, 0.15) is 17.1 Å². The number of ether oxygens (including phenoxy) is 1. The number of anilines is 1. The average Bonchev–Trinajstić information content (AvgIpc) is 3.32. The van der Waals surface area contributed by atoms with Gasteiger partial charge in [-0.25, -0.2) is 9.97 Å². The number of aryl methyl sites for hydroxylation is 1. The first kappa shape index (κ1) is 25.9. The zero-order valence-corrected chi connectivity index (χ0v) is 21.7. The van der Waals surface area contributed by atoms with Crippen LogP contribution in [-0.4, -0.2) is 43.7 Å². The lowest BCUT2D eigenvalue weighted by atomic mass is 10.1. The van der Waals surface area contributed by atoms with E-state index in [1.165, 1.54) is 10.1 Å². The molecule has 11 heteroatoms. The van der Waals surface area contributed by atoms with Crippen molar-refractivity contribution in [2.45, 2.75) is 26.3 Å². The minimum absolute atomic E-state index is 0.0438. The van der Waals surface area contributed by atoms with E-state index in [1.807, 2.05) is 24.3 Å². The van der Waals surface area contributed by atoms with E-state index in [0.29, 0.717) is 42.5 Å². The quantitative estimate of drug-likeness (QED) is 0.245. The number of pyridine rings is 3. The number of carbonyl (C=O) groups excluding carboxylic acids is 1. The van der Waals surface area contributed by atoms with Crippen LogP contribution < -0.4 is 15.2 Å². The van der Waals surface area contributed by atoms with Crippen LogP contribution in [-0.2, 0) is 22.6 Å². The molecule has 0 saturated heterocycles. The van der Waals surface area contributed by atoms with E-state index >= 15 is 0 Å². The van der Waals surface area contributed by atoms with Gasteiger partial charge in [0.05, 0.1) is 16.8 Å². The van der Waals surface area contributed by atoms with Gasteiger partial charge in [-0.3, -0.25) is 19.3 Å². The molecule has 39 heavy (non-hydrogen) atoms. The minimum atomic E-state index is -1.33. The molecule has 1 aromatic carbocycles. The van der Waals surface area contributed by atoms with Gasteiger partial charge in [0, 0.05) is 23.8 Å². The highest BCUT2D eigenvalue weighted by atomic mass is 32.1. The number of carbonyl (C=O) groups is 2. The van der Waals surface area contributed by atoms with Crippen LogP contribution in [0.25, 0.3) is 20.4 Å². The predicted octanol–water partition coefficient (Wildman–Crippen LogP) is 4.55. The molecule has 0 saturated carbocycles. The van der Waals surface area contributed by atoms with Crippen molar-refractivity contribution in [3.8, 4) is 17.4 Å². The molecule has 4 aromatic heterocycles. The molecule has 5 aromatic rings. The number of thiophene rings is 1. The highest BCUT2D eigenvalue weighted by Gasteiger charge is 2.26. The monoisotopic (exact) mass is 544 g/mol. The summed E-state index contributed by atoms with van der Waals surface area (Å²) in [7, 11) is 0. The van der Waals surface area contributed by atoms with Crippen molar-refractivity contribution >= 4 is 49.8 Å². The molecule has 5 rings (SSSR count). The smallest absolute Gasteiger partial charge is 0.323 e. The molecule has 0 fully saturated rings. The average molecular weight is 545 g/mol. The molecule has 0 aliphatic carbocycles. The summed E-state index contributed by atoms with van der Waals surface area (Å²) < 4.78 is 7.56. The second-order valence-corrected chi connectivity index (χ2v) is 9.85. The molecule has 0 radical (unpaired) electrons. The molecule has 10 nitrogen and oxygen atoms in total. The van der Waals surface area contributed by atoms with Gasteiger partial charge in [-0.15, -0.1) is 11.3 Å². The van der Waals surface area contributed by atoms with Crippen molar-refractivity contribution < 1.29 is 24.5 Å². The molecule has 0 unspecified atom stereocenters. The lowest BCUT2D eigenvalue weighted by Crippen LogP contribution is -2.35. The van der Waals surface area contributed by atoms with Crippen molar-refractivity contribution in [1.82, 2.24) is 14.5 Å². The Morgan fingerprint density at radius 3 is 2.56 bits per heavy atom. The second kappa shape index (κ2) is 10.9. The number of aromatic hydroxyl groups is 1. The number of aromatic nitrogens is 3. The fourth-order valence-electron chi connectivity index (χ4n) is 4.39. The van der Waals surface area contributed by atoms with E-state index in [-0.39, 0.29) is 13.0 Å². The molecule has 0 spiro atoms. The SMILES string of the molecule is CCCc1ccc(Oc2ccc(Cn3c(=O)c(N(C=O)CC(=O)O)c(O)c4sc5ncccc5c43)cn2)cc1. The summed E-state index contributed by atoms with van der Waals surface area (Å²) in [5, 5.41) is 20.9. The molecule has 0 atom stereocenters. The molecule has 0 aliphatic heterocycles. The van der Waals surface area contributed by atoms with E-state index in [9.17, 15) is 24.6 Å². The summed E-state index contributed by atoms with van der Waals surface area (Å²) in [6.07, 6.45) is 5.45. The molecular weight excluding hydrogens is 520 g/mol. The third kappa shape index (κ3) is 5.16. The fraction of sp³-hybridized carbons (Fsp3) is 0.179. The zero-order chi connectivity index (χ0) is 27.5. The number of aliphatic carboxylic acids is 1. The first-order valence-corrected chi connectivity index (χ1v) is 13.0. The number of rotatable bonds is 10. The van der Waals surface area contributed by atoms with Crippen LogP contribution >= 0.6 is 11.3 Å². The minimum Gasteiger partial charge on any atom is -0.504 e. The summed E-state index contributed by atoms with van der Waals surface area (Å²) in [6, 6.07) is 14.8. The number of carboxylic acids is 1. The fourth-order valence-corrected chi connectivity index (χ4v) is 5.48. The van der Waals surface area contributed by atoms with Crippen LogP contribution in [0, 0.1) is 0 Å². The molecule has 0 bridgehead atoms. The first-order chi connectivity index (χ1) is 18.9. The number of benzene rings is 1. The number of carboxylic acid groups (broad SMARTS) is 1. The Labute approximate surface area is 226 Å². The zero-order valence-electron chi connectivity index (χ0n) is 20.9. The third-order valence-corrected chi connectivity index (χ3v) is 7.25. The first-order valence-electron chi connectivity index (χ1n) is 12.2. The topological polar surface area (TPSA) is 135 Å². The highest BCUT2D eigenvalue weighted by Crippen LogP contribution is 2.41. The van der Waals surface area contributed by atoms with Crippen molar-refractivity contribution in [3.05, 3.63) is 82.4 Å². The molecule has 1 amide bonds. The van der Waals surface area contributed by atoms with Gasteiger partial charge >= 0.3 is 5.97 Å². The van der Waals surface area contributed by atoms with Gasteiger partial charge in [-0.05, 0) is 41.8 Å². The maximum Gasteiger partial charge on any atom is 0.323 e. The number of hydrogen-bond donors (Lipinski definition) is 2. The molecule has 198 valence electrons. The number of fused-ring (bicyclic) bond motifs is 3. The summed E-state index contributed by atoms with van der Waals surface area (Å²) in [4.78, 5) is 46.7. The second-order valence-electron chi connectivity index (χ2n) is 8.85. The maximum atomic E-state index is 13.7. The lowest BCUT2D eigenvalue weighted by Gasteiger charge is -2.19. The van der Waals surface area contributed by atoms with Crippen LogP contribution in [0.15, 0.2) is 65.7 Å². The largest absolute Gasteiger partial charge is 0.504 e. The van der Waals surface area contributed by atoms with Crippen molar-refractivity contribution in [2.24, 2.45) is 0 Å². The van der Waals surface area contributed by atoms with E-state index in [2.05, 4.69) is 16.9 Å². The highest BCUT2D eigenvalue weighted by molar-refractivity contribution is 7.25. The van der Waals surface area contributed by atoms with Gasteiger partial charge < -0.3 is 19.5 Å². The maximum absolute atomic E-state index is 13.7. The lowest BCUT2D eigenvalue weighted by molar-refractivity contribution is -0.136. The van der Waals surface area contributed by atoms with Crippen LogP contribution in [0.1, 0.15) is 24.5 Å². The Morgan fingerprint density at radius 1 is 1.13 bits per heavy atom. The molecule has 4 heterocycles. The summed E-state index contributed by atoms with van der Waals surface area (Å²) >= 11 is 1.14. The normalized spacial score (nSPS) is 11.1. The Hall–Kier alpha value is -4.77. The van der Waals surface area contributed by atoms with Gasteiger partial charge in [-0.2, -0.15) is 0 Å². The standard InChI is InChI=1S/C28H24N4O6S/c1-2-4-17-6-9-19(10-7-17)38-21-11-8-18(13-30-21)14-32-23-20-5-3-12-29-27(20)39-26(23)25(36)24(28(32)37)31(16-33)15-22(34)35/h3,5-13,16,36H,2,4,14-15H2,1H3,(H,34,35). The summed E-state index contributed by atoms with van der Waals surface area (Å²) in [5.41, 5.74) is 1.18. The van der Waals surface area contributed by atoms with E-state index in [1.54, 1.807) is 36.7 Å². The molecular formula is C28H24N4O6S. The van der Waals surface area contributed by atoms with Crippen LogP contribution in [0.5, 0.6) is 17.4 Å². The van der Waals surface area contributed by atoms with E-state index in [0.717, 1.165) is 24.2 Å². The Morgan fingerprint density at radius 2 is 1.90 bits per heavy atom. The Kier molecular flexibility index (Phi) is 7.24. The van der Waals surface area contributed by atoms with Gasteiger partial charge in [0.2, 0.25) is 12.3 Å². The van der Waals surface area contributed by atoms with Crippen molar-refractivity contribution in [2.75, 3.05) is 11.4 Å². The van der Waals surface area contributed by atoms with E-state index < -0.39 is 29.5 Å². The van der Waals surface area contributed by atoms with Crippen LogP contribution in [0.4, 0.5) is 5.69 Å². The van der Waals surface area contributed by atoms with Gasteiger partial charge in [0.25, 0.3) is 5.56 Å². The van der Waals surface area contributed by atoms with Crippen LogP contribution in [0.3, 0.4) is 0 Å². The molecule has 0 aliphatic rings. The van der Waals surface area contributed by atoms with Crippen molar-refractivity contribution in [3.63, 3.8) is 0 Å². The molecule has 2 N–H and O–H groups in total. The van der Waals surface area contributed by atoms with Crippen LogP contribution in [0.2, 0.25) is 0 Å². The number of nitrogens with zero attached hydrogens (tertiary/aromatic N) is 4. The predicted molar refractivity (Wildman–Crippen MR) is 148 cm³/mol. The van der Waals surface area contributed by atoms with Crippen molar-refractivity contribution in [1.29, 1.82) is 0 Å². The summed E-state index contributed by atoms with van der Waals surface area (Å²) in [5.74, 6) is -0.759. The van der Waals surface area contributed by atoms with Gasteiger partial charge in [-0.1, -0.05) is 31.5 Å². The number of amides is 1. The Balaban J connectivity index is 1.54. The number of hydrogen-bond acceptors (Lipinski definition) is 8. The Bertz CT molecular complexity index is 1730.